The molecule has 0 aliphatic carbocycles. The predicted octanol–water partition coefficient (Wildman–Crippen LogP) is 2.22. The van der Waals surface area contributed by atoms with E-state index in [1.54, 1.807) is 0 Å². The second-order valence-electron chi connectivity index (χ2n) is 5.74. The van der Waals surface area contributed by atoms with Gasteiger partial charge in [0.2, 0.25) is 5.91 Å². The van der Waals surface area contributed by atoms with Gasteiger partial charge in [0.15, 0.2) is 0 Å². The number of nitrogens with zero attached hydrogens (tertiary/aromatic N) is 1. The van der Waals surface area contributed by atoms with Gasteiger partial charge in [-0.05, 0) is 66.5 Å². The first-order valence-corrected chi connectivity index (χ1v) is 8.19. The summed E-state index contributed by atoms with van der Waals surface area (Å²) in [6.45, 7) is 0.438. The highest BCUT2D eigenvalue weighted by Gasteiger charge is 2.40. The van der Waals surface area contributed by atoms with Crippen molar-refractivity contribution >= 4 is 34.2 Å². The van der Waals surface area contributed by atoms with Gasteiger partial charge >= 0.3 is 0 Å². The summed E-state index contributed by atoms with van der Waals surface area (Å²) in [5.41, 5.74) is 0.853. The van der Waals surface area contributed by atoms with Crippen molar-refractivity contribution in [1.29, 1.82) is 0 Å². The predicted molar refractivity (Wildman–Crippen MR) is 86.5 cm³/mol. The average molecular weight is 386 g/mol. The van der Waals surface area contributed by atoms with Crippen molar-refractivity contribution in [1.82, 2.24) is 4.90 Å². The van der Waals surface area contributed by atoms with Crippen LogP contribution in [0.5, 0.6) is 0 Å². The topological polar surface area (TPSA) is 52.6 Å². The van der Waals surface area contributed by atoms with Gasteiger partial charge in [-0.1, -0.05) is 6.07 Å². The van der Waals surface area contributed by atoms with Gasteiger partial charge in [0.1, 0.15) is 0 Å². The molecular weight excluding hydrogens is 367 g/mol. The second kappa shape index (κ2) is 5.99. The molecule has 0 saturated carbocycles. The number of piperidine rings is 1. The van der Waals surface area contributed by atoms with E-state index in [9.17, 15) is 9.90 Å². The molecule has 3 rings (SSSR count). The number of hydrogen-bond acceptors (Lipinski definition) is 3. The van der Waals surface area contributed by atoms with Crippen molar-refractivity contribution in [3.05, 3.63) is 27.8 Å². The fourth-order valence-electron chi connectivity index (χ4n) is 3.44. The Balaban J connectivity index is 1.60. The maximum Gasteiger partial charge on any atom is 0.238 e. The number of hydrogen-bond donors (Lipinski definition) is 2. The van der Waals surface area contributed by atoms with Crippen LogP contribution in [0.3, 0.4) is 0 Å². The fraction of sp³-hybridized carbons (Fsp3) is 0.533. The van der Waals surface area contributed by atoms with Gasteiger partial charge in [0.25, 0.3) is 0 Å². The molecule has 0 aromatic heterocycles. The first kappa shape index (κ1) is 14.3. The zero-order valence-electron chi connectivity index (χ0n) is 11.3. The number of halogens is 1. The Morgan fingerprint density at radius 2 is 2.05 bits per heavy atom. The molecule has 2 aliphatic heterocycles. The van der Waals surface area contributed by atoms with E-state index in [0.717, 1.165) is 34.9 Å². The van der Waals surface area contributed by atoms with Gasteiger partial charge in [-0.3, -0.25) is 9.69 Å². The van der Waals surface area contributed by atoms with Crippen LogP contribution in [0, 0.1) is 3.57 Å². The number of fused-ring (bicyclic) bond motifs is 2. The van der Waals surface area contributed by atoms with Crippen molar-refractivity contribution in [2.24, 2.45) is 0 Å². The van der Waals surface area contributed by atoms with Crippen molar-refractivity contribution in [2.75, 3.05) is 11.9 Å². The fourth-order valence-corrected chi connectivity index (χ4v) is 3.98. The molecular formula is C15H19IN2O2. The lowest BCUT2D eigenvalue weighted by atomic mass is 10.00. The largest absolute Gasteiger partial charge is 0.393 e. The summed E-state index contributed by atoms with van der Waals surface area (Å²) in [6.07, 6.45) is 3.67. The average Bonchev–Trinajstić information content (AvgIpc) is 2.62. The quantitative estimate of drug-likeness (QED) is 0.784. The zero-order chi connectivity index (χ0) is 14.1. The Bertz CT molecular complexity index is 494. The Morgan fingerprint density at radius 3 is 2.70 bits per heavy atom. The van der Waals surface area contributed by atoms with Gasteiger partial charge in [-0.2, -0.15) is 0 Å². The highest BCUT2D eigenvalue weighted by Crippen LogP contribution is 2.35. The van der Waals surface area contributed by atoms with Crippen LogP contribution >= 0.6 is 22.6 Å². The minimum atomic E-state index is -0.178. The molecule has 20 heavy (non-hydrogen) atoms. The van der Waals surface area contributed by atoms with Crippen LogP contribution in [0.25, 0.3) is 0 Å². The standard InChI is InChI=1S/C15H19IN2O2/c16-10-2-1-3-11(6-10)17-15(20)9-18-12-4-5-13(18)8-14(19)7-12/h1-3,6,12-14,19H,4-5,7-9H2,(H,17,20). The lowest BCUT2D eigenvalue weighted by Crippen LogP contribution is -2.47. The molecule has 4 nitrogen and oxygen atoms in total. The molecule has 1 aromatic carbocycles. The lowest BCUT2D eigenvalue weighted by molar-refractivity contribution is -0.119. The number of carbonyl (C=O) groups excluding carboxylic acids is 1. The summed E-state index contributed by atoms with van der Waals surface area (Å²) < 4.78 is 1.11. The van der Waals surface area contributed by atoms with Gasteiger partial charge in [-0.15, -0.1) is 0 Å². The highest BCUT2D eigenvalue weighted by molar-refractivity contribution is 14.1. The minimum absolute atomic E-state index is 0.0419. The molecule has 1 amide bonds. The molecule has 2 aliphatic rings. The van der Waals surface area contributed by atoms with E-state index in [0.29, 0.717) is 18.6 Å². The summed E-state index contributed by atoms with van der Waals surface area (Å²) in [5, 5.41) is 12.7. The first-order chi connectivity index (χ1) is 9.61. The Kier molecular flexibility index (Phi) is 4.28. The molecule has 2 atom stereocenters. The van der Waals surface area contributed by atoms with E-state index in [-0.39, 0.29) is 12.0 Å². The van der Waals surface area contributed by atoms with Crippen LogP contribution in [0.2, 0.25) is 0 Å². The second-order valence-corrected chi connectivity index (χ2v) is 6.99. The first-order valence-electron chi connectivity index (χ1n) is 7.11. The van der Waals surface area contributed by atoms with Crippen LogP contribution in [-0.4, -0.2) is 40.6 Å². The van der Waals surface area contributed by atoms with E-state index in [2.05, 4.69) is 32.8 Å². The normalized spacial score (nSPS) is 29.4. The van der Waals surface area contributed by atoms with Crippen LogP contribution in [0.1, 0.15) is 25.7 Å². The molecule has 2 N–H and O–H groups in total. The van der Waals surface area contributed by atoms with Crippen molar-refractivity contribution in [3.63, 3.8) is 0 Å². The molecule has 2 fully saturated rings. The third-order valence-corrected chi connectivity index (χ3v) is 4.96. The smallest absolute Gasteiger partial charge is 0.238 e. The molecule has 2 unspecified atom stereocenters. The van der Waals surface area contributed by atoms with Crippen LogP contribution in [0.15, 0.2) is 24.3 Å². The SMILES string of the molecule is O=C(CN1C2CCC1CC(O)C2)Nc1cccc(I)c1. The summed E-state index contributed by atoms with van der Waals surface area (Å²) in [5.74, 6) is 0.0419. The third-order valence-electron chi connectivity index (χ3n) is 4.29. The number of amides is 1. The molecule has 0 spiro atoms. The van der Waals surface area contributed by atoms with Crippen molar-refractivity contribution < 1.29 is 9.90 Å². The van der Waals surface area contributed by atoms with E-state index >= 15 is 0 Å². The molecule has 2 heterocycles. The summed E-state index contributed by atoms with van der Waals surface area (Å²) in [7, 11) is 0. The third kappa shape index (κ3) is 3.15. The Hall–Kier alpha value is -0.660. The number of aliphatic hydroxyl groups excluding tert-OH is 1. The monoisotopic (exact) mass is 386 g/mol. The Labute approximate surface area is 132 Å². The highest BCUT2D eigenvalue weighted by atomic mass is 127. The van der Waals surface area contributed by atoms with Crippen LogP contribution in [-0.2, 0) is 4.79 Å². The maximum absolute atomic E-state index is 12.2. The van der Waals surface area contributed by atoms with Crippen LogP contribution in [0.4, 0.5) is 5.69 Å². The molecule has 0 radical (unpaired) electrons. The molecule has 2 bridgehead atoms. The van der Waals surface area contributed by atoms with Gasteiger partial charge < -0.3 is 10.4 Å². The number of anilines is 1. The maximum atomic E-state index is 12.2. The van der Waals surface area contributed by atoms with Gasteiger partial charge in [-0.25, -0.2) is 0 Å². The molecule has 1 aromatic rings. The number of nitrogens with one attached hydrogen (secondary N) is 1. The molecule has 2 saturated heterocycles. The summed E-state index contributed by atoms with van der Waals surface area (Å²) in [6, 6.07) is 8.58. The Morgan fingerprint density at radius 1 is 1.35 bits per heavy atom. The summed E-state index contributed by atoms with van der Waals surface area (Å²) in [4.78, 5) is 14.4. The number of rotatable bonds is 3. The van der Waals surface area contributed by atoms with E-state index in [1.807, 2.05) is 24.3 Å². The molecule has 5 heteroatoms. The zero-order valence-corrected chi connectivity index (χ0v) is 13.4. The van der Waals surface area contributed by atoms with E-state index in [1.165, 1.54) is 0 Å². The number of carbonyl (C=O) groups is 1. The molecule has 108 valence electrons. The van der Waals surface area contributed by atoms with Crippen LogP contribution < -0.4 is 5.32 Å². The van der Waals surface area contributed by atoms with Gasteiger partial charge in [0, 0.05) is 21.3 Å². The van der Waals surface area contributed by atoms with E-state index in [4.69, 9.17) is 0 Å². The van der Waals surface area contributed by atoms with Crippen molar-refractivity contribution in [3.8, 4) is 0 Å². The number of aliphatic hydroxyl groups is 1. The minimum Gasteiger partial charge on any atom is -0.393 e. The number of benzene rings is 1. The summed E-state index contributed by atoms with van der Waals surface area (Å²) >= 11 is 2.24. The van der Waals surface area contributed by atoms with E-state index < -0.39 is 0 Å². The van der Waals surface area contributed by atoms with Crippen molar-refractivity contribution in [2.45, 2.75) is 43.9 Å². The lowest BCUT2D eigenvalue weighted by Gasteiger charge is -2.36. The van der Waals surface area contributed by atoms with Gasteiger partial charge in [0.05, 0.1) is 12.6 Å².